The predicted octanol–water partition coefficient (Wildman–Crippen LogP) is 2.08. The maximum absolute atomic E-state index is 9.03. The number of nitrogens with one attached hydrogen (secondary N) is 1. The van der Waals surface area contributed by atoms with Crippen molar-refractivity contribution in [3.8, 4) is 5.75 Å². The van der Waals surface area contributed by atoms with E-state index in [1.54, 1.807) is 6.07 Å². The Kier molecular flexibility index (Phi) is 4.74. The number of aliphatic hydroxyl groups excluding tert-OH is 1. The van der Waals surface area contributed by atoms with E-state index in [1.165, 1.54) is 0 Å². The standard InChI is InChI=1S/C16H18N2O2/c17-16(18)14-6-3-4-12(10-14)11-20-15-7-2-1-5-13(15)8-9-19/h1-7,10,19H,8-9,11H2,(H3,17,18). The van der Waals surface area contributed by atoms with Crippen molar-refractivity contribution in [3.05, 3.63) is 65.2 Å². The number of rotatable bonds is 6. The monoisotopic (exact) mass is 270 g/mol. The Labute approximate surface area is 118 Å². The first-order valence-corrected chi connectivity index (χ1v) is 6.45. The Morgan fingerprint density at radius 1 is 1.15 bits per heavy atom. The van der Waals surface area contributed by atoms with Crippen molar-refractivity contribution in [1.29, 1.82) is 5.41 Å². The number of nitrogens with two attached hydrogens (primary N) is 1. The number of hydrogen-bond acceptors (Lipinski definition) is 3. The molecule has 4 nitrogen and oxygen atoms in total. The second-order valence-electron chi connectivity index (χ2n) is 4.48. The summed E-state index contributed by atoms with van der Waals surface area (Å²) in [5.74, 6) is 0.822. The quantitative estimate of drug-likeness (QED) is 0.555. The molecule has 0 aromatic heterocycles. The van der Waals surface area contributed by atoms with Crippen LogP contribution in [0, 0.1) is 5.41 Å². The molecule has 0 radical (unpaired) electrons. The summed E-state index contributed by atoms with van der Waals surface area (Å²) in [6, 6.07) is 15.1. The fourth-order valence-electron chi connectivity index (χ4n) is 1.96. The highest BCUT2D eigenvalue weighted by Gasteiger charge is 2.04. The van der Waals surface area contributed by atoms with Crippen LogP contribution in [0.25, 0.3) is 0 Å². The van der Waals surface area contributed by atoms with E-state index in [2.05, 4.69) is 0 Å². The Hall–Kier alpha value is -2.33. The molecule has 4 N–H and O–H groups in total. The second kappa shape index (κ2) is 6.73. The van der Waals surface area contributed by atoms with E-state index < -0.39 is 0 Å². The van der Waals surface area contributed by atoms with Crippen LogP contribution in [0.2, 0.25) is 0 Å². The zero-order valence-electron chi connectivity index (χ0n) is 11.2. The van der Waals surface area contributed by atoms with Gasteiger partial charge in [-0.2, -0.15) is 0 Å². The molecular weight excluding hydrogens is 252 g/mol. The van der Waals surface area contributed by atoms with E-state index in [-0.39, 0.29) is 12.4 Å². The summed E-state index contributed by atoms with van der Waals surface area (Å²) >= 11 is 0. The maximum atomic E-state index is 9.03. The van der Waals surface area contributed by atoms with E-state index in [9.17, 15) is 0 Å². The van der Waals surface area contributed by atoms with Gasteiger partial charge in [0.15, 0.2) is 0 Å². The van der Waals surface area contributed by atoms with Crippen molar-refractivity contribution in [3.63, 3.8) is 0 Å². The van der Waals surface area contributed by atoms with E-state index in [4.69, 9.17) is 21.0 Å². The number of nitrogen functional groups attached to an aromatic ring is 1. The third kappa shape index (κ3) is 3.59. The highest BCUT2D eigenvalue weighted by Crippen LogP contribution is 2.20. The molecule has 2 aromatic carbocycles. The molecule has 0 saturated carbocycles. The van der Waals surface area contributed by atoms with Gasteiger partial charge in [0.1, 0.15) is 18.2 Å². The number of benzene rings is 2. The first-order chi connectivity index (χ1) is 9.70. The van der Waals surface area contributed by atoms with Gasteiger partial charge < -0.3 is 15.6 Å². The molecule has 20 heavy (non-hydrogen) atoms. The number of hydrogen-bond donors (Lipinski definition) is 3. The molecule has 0 heterocycles. The van der Waals surface area contributed by atoms with E-state index in [0.717, 1.165) is 16.9 Å². The molecule has 2 rings (SSSR count). The lowest BCUT2D eigenvalue weighted by atomic mass is 10.1. The zero-order valence-corrected chi connectivity index (χ0v) is 11.2. The van der Waals surface area contributed by atoms with Crippen LogP contribution in [0.3, 0.4) is 0 Å². The van der Waals surface area contributed by atoms with Gasteiger partial charge in [0.2, 0.25) is 0 Å². The van der Waals surface area contributed by atoms with Gasteiger partial charge in [-0.15, -0.1) is 0 Å². The summed E-state index contributed by atoms with van der Waals surface area (Å²) in [7, 11) is 0. The van der Waals surface area contributed by atoms with Gasteiger partial charge in [-0.05, 0) is 29.7 Å². The van der Waals surface area contributed by atoms with Crippen molar-refractivity contribution in [1.82, 2.24) is 0 Å². The smallest absolute Gasteiger partial charge is 0.123 e. The highest BCUT2D eigenvalue weighted by molar-refractivity contribution is 5.95. The molecule has 0 aliphatic heterocycles. The minimum Gasteiger partial charge on any atom is -0.489 e. The van der Waals surface area contributed by atoms with Crippen molar-refractivity contribution >= 4 is 5.84 Å². The minimum atomic E-state index is 0.0486. The Bertz CT molecular complexity index is 597. The summed E-state index contributed by atoms with van der Waals surface area (Å²) in [6.07, 6.45) is 0.573. The topological polar surface area (TPSA) is 79.3 Å². The van der Waals surface area contributed by atoms with Gasteiger partial charge >= 0.3 is 0 Å². The first-order valence-electron chi connectivity index (χ1n) is 6.45. The van der Waals surface area contributed by atoms with Crippen LogP contribution in [0.15, 0.2) is 48.5 Å². The van der Waals surface area contributed by atoms with Crippen LogP contribution in [0.4, 0.5) is 0 Å². The van der Waals surface area contributed by atoms with Crippen LogP contribution in [0.5, 0.6) is 5.75 Å². The molecule has 0 atom stereocenters. The molecule has 0 aliphatic carbocycles. The van der Waals surface area contributed by atoms with Gasteiger partial charge in [-0.3, -0.25) is 5.41 Å². The third-order valence-electron chi connectivity index (χ3n) is 2.99. The van der Waals surface area contributed by atoms with E-state index in [1.807, 2.05) is 42.5 Å². The molecule has 0 saturated heterocycles. The molecular formula is C16H18N2O2. The molecule has 0 unspecified atom stereocenters. The van der Waals surface area contributed by atoms with E-state index >= 15 is 0 Å². The number of aliphatic hydroxyl groups is 1. The van der Waals surface area contributed by atoms with Crippen molar-refractivity contribution < 1.29 is 9.84 Å². The first kappa shape index (κ1) is 14.1. The van der Waals surface area contributed by atoms with Crippen molar-refractivity contribution in [2.75, 3.05) is 6.61 Å². The Morgan fingerprint density at radius 2 is 1.95 bits per heavy atom. The lowest BCUT2D eigenvalue weighted by molar-refractivity contribution is 0.284. The predicted molar refractivity (Wildman–Crippen MR) is 79.0 cm³/mol. The molecule has 0 spiro atoms. The van der Waals surface area contributed by atoms with Gasteiger partial charge in [0.05, 0.1) is 0 Å². The molecule has 0 bridgehead atoms. The van der Waals surface area contributed by atoms with Crippen LogP contribution >= 0.6 is 0 Å². The minimum absolute atomic E-state index is 0.0486. The summed E-state index contributed by atoms with van der Waals surface area (Å²) in [4.78, 5) is 0. The van der Waals surface area contributed by atoms with Crippen LogP contribution in [0.1, 0.15) is 16.7 Å². The van der Waals surface area contributed by atoms with Crippen molar-refractivity contribution in [2.45, 2.75) is 13.0 Å². The number of amidine groups is 1. The number of ether oxygens (including phenoxy) is 1. The molecule has 0 amide bonds. The summed E-state index contributed by atoms with van der Waals surface area (Å²) in [5.41, 5.74) is 8.10. The summed E-state index contributed by atoms with van der Waals surface area (Å²) in [6.45, 7) is 0.504. The van der Waals surface area contributed by atoms with Gasteiger partial charge in [-0.25, -0.2) is 0 Å². The Balaban J connectivity index is 2.09. The largest absolute Gasteiger partial charge is 0.489 e. The van der Waals surface area contributed by atoms with Crippen LogP contribution in [-0.2, 0) is 13.0 Å². The summed E-state index contributed by atoms with van der Waals surface area (Å²) < 4.78 is 5.79. The SMILES string of the molecule is N=C(N)c1cccc(COc2ccccc2CCO)c1. The van der Waals surface area contributed by atoms with Crippen LogP contribution < -0.4 is 10.5 Å². The highest BCUT2D eigenvalue weighted by atomic mass is 16.5. The molecule has 104 valence electrons. The van der Waals surface area contributed by atoms with Crippen molar-refractivity contribution in [2.24, 2.45) is 5.73 Å². The molecule has 4 heteroatoms. The fraction of sp³-hybridized carbons (Fsp3) is 0.188. The average Bonchev–Trinajstić information content (AvgIpc) is 2.47. The van der Waals surface area contributed by atoms with Gasteiger partial charge in [-0.1, -0.05) is 36.4 Å². The maximum Gasteiger partial charge on any atom is 0.123 e. The second-order valence-corrected chi connectivity index (χ2v) is 4.48. The Morgan fingerprint density at radius 3 is 2.70 bits per heavy atom. The van der Waals surface area contributed by atoms with E-state index in [0.29, 0.717) is 18.6 Å². The summed E-state index contributed by atoms with van der Waals surface area (Å²) in [5, 5.41) is 16.5. The zero-order chi connectivity index (χ0) is 14.4. The normalized spacial score (nSPS) is 10.2. The molecule has 2 aromatic rings. The average molecular weight is 270 g/mol. The fourth-order valence-corrected chi connectivity index (χ4v) is 1.96. The third-order valence-corrected chi connectivity index (χ3v) is 2.99. The molecule has 0 aliphatic rings. The lowest BCUT2D eigenvalue weighted by Gasteiger charge is -2.11. The van der Waals surface area contributed by atoms with Gasteiger partial charge in [0.25, 0.3) is 0 Å². The van der Waals surface area contributed by atoms with Crippen LogP contribution in [-0.4, -0.2) is 17.5 Å². The molecule has 0 fully saturated rings. The number of para-hydroxylation sites is 1. The lowest BCUT2D eigenvalue weighted by Crippen LogP contribution is -2.11. The van der Waals surface area contributed by atoms with Gasteiger partial charge in [0, 0.05) is 12.2 Å².